The van der Waals surface area contributed by atoms with Gasteiger partial charge in [0.2, 0.25) is 5.88 Å². The Morgan fingerprint density at radius 2 is 2.00 bits per heavy atom. The van der Waals surface area contributed by atoms with Crippen molar-refractivity contribution in [1.29, 1.82) is 5.26 Å². The number of hydrogen-bond donors (Lipinski definition) is 1. The lowest BCUT2D eigenvalue weighted by atomic mass is 9.81. The Labute approximate surface area is 153 Å². The summed E-state index contributed by atoms with van der Waals surface area (Å²) in [6.45, 7) is 0. The number of carbonyl (C=O) groups excluding carboxylic acids is 2. The van der Waals surface area contributed by atoms with E-state index in [0.29, 0.717) is 0 Å². The maximum Gasteiger partial charge on any atom is 0.338 e. The first-order valence-corrected chi connectivity index (χ1v) is 7.54. The fourth-order valence-corrected chi connectivity index (χ4v) is 2.70. The number of ether oxygens (including phenoxy) is 3. The topological polar surface area (TPSA) is 155 Å². The summed E-state index contributed by atoms with van der Waals surface area (Å²) in [5.74, 6) is -3.46. The summed E-state index contributed by atoms with van der Waals surface area (Å²) >= 11 is 0. The van der Waals surface area contributed by atoms with Crippen LogP contribution in [-0.4, -0.2) is 31.1 Å². The Bertz CT molecular complexity index is 911. The van der Waals surface area contributed by atoms with Crippen molar-refractivity contribution in [3.05, 3.63) is 62.7 Å². The number of carbonyl (C=O) groups is 2. The number of para-hydroxylation sites is 1. The van der Waals surface area contributed by atoms with E-state index in [-0.39, 0.29) is 34.0 Å². The van der Waals surface area contributed by atoms with Gasteiger partial charge in [-0.2, -0.15) is 5.26 Å². The minimum atomic E-state index is -1.24. The van der Waals surface area contributed by atoms with Crippen LogP contribution in [0.5, 0.6) is 0 Å². The van der Waals surface area contributed by atoms with Gasteiger partial charge in [0.05, 0.1) is 30.6 Å². The lowest BCUT2D eigenvalue weighted by Crippen LogP contribution is -2.27. The molecule has 0 amide bonds. The van der Waals surface area contributed by atoms with Gasteiger partial charge < -0.3 is 19.9 Å². The number of esters is 2. The van der Waals surface area contributed by atoms with Crippen LogP contribution in [0.25, 0.3) is 0 Å². The van der Waals surface area contributed by atoms with E-state index in [1.807, 2.05) is 6.07 Å². The normalized spacial score (nSPS) is 16.3. The number of nitriles is 1. The van der Waals surface area contributed by atoms with Crippen LogP contribution < -0.4 is 5.73 Å². The zero-order chi connectivity index (χ0) is 20.1. The number of nitro groups is 1. The van der Waals surface area contributed by atoms with Crippen molar-refractivity contribution in [1.82, 2.24) is 0 Å². The minimum Gasteiger partial charge on any atom is -0.469 e. The molecule has 0 aliphatic carbocycles. The highest BCUT2D eigenvalue weighted by atomic mass is 16.6. The van der Waals surface area contributed by atoms with Gasteiger partial charge in [-0.05, 0) is 0 Å². The van der Waals surface area contributed by atoms with E-state index in [9.17, 15) is 25.0 Å². The first kappa shape index (κ1) is 19.5. The van der Waals surface area contributed by atoms with Crippen molar-refractivity contribution in [3.8, 4) is 6.07 Å². The van der Waals surface area contributed by atoms with Crippen LogP contribution in [0.1, 0.15) is 17.9 Å². The number of benzene rings is 1. The number of nitrogens with two attached hydrogens (primary N) is 1. The summed E-state index contributed by atoms with van der Waals surface area (Å²) in [5.41, 5.74) is 5.04. The molecule has 0 fully saturated rings. The number of nitrogens with zero attached hydrogens (tertiary/aromatic N) is 2. The molecule has 0 radical (unpaired) electrons. The van der Waals surface area contributed by atoms with Crippen LogP contribution in [0.15, 0.2) is 47.1 Å². The average Bonchev–Trinajstić information content (AvgIpc) is 2.66. The van der Waals surface area contributed by atoms with Crippen molar-refractivity contribution < 1.29 is 28.7 Å². The Hall–Kier alpha value is -3.87. The van der Waals surface area contributed by atoms with Gasteiger partial charge in [0, 0.05) is 11.6 Å². The largest absolute Gasteiger partial charge is 0.469 e. The molecule has 0 aromatic heterocycles. The fourth-order valence-electron chi connectivity index (χ4n) is 2.70. The molecule has 1 aliphatic rings. The summed E-state index contributed by atoms with van der Waals surface area (Å²) < 4.78 is 14.6. The molecule has 0 saturated heterocycles. The van der Waals surface area contributed by atoms with Crippen molar-refractivity contribution in [3.63, 3.8) is 0 Å². The van der Waals surface area contributed by atoms with Crippen molar-refractivity contribution >= 4 is 17.6 Å². The molecule has 0 unspecified atom stereocenters. The van der Waals surface area contributed by atoms with E-state index in [1.165, 1.54) is 24.3 Å². The van der Waals surface area contributed by atoms with Crippen molar-refractivity contribution in [2.45, 2.75) is 12.3 Å². The first-order chi connectivity index (χ1) is 12.8. The highest BCUT2D eigenvalue weighted by Crippen LogP contribution is 2.43. The molecule has 10 nitrogen and oxygen atoms in total. The third-order valence-electron chi connectivity index (χ3n) is 3.88. The summed E-state index contributed by atoms with van der Waals surface area (Å²) in [4.78, 5) is 34.9. The zero-order valence-electron chi connectivity index (χ0n) is 14.4. The van der Waals surface area contributed by atoms with E-state index in [4.69, 9.17) is 15.2 Å². The zero-order valence-corrected chi connectivity index (χ0v) is 14.4. The summed E-state index contributed by atoms with van der Waals surface area (Å²) in [7, 11) is 2.23. The molecule has 140 valence electrons. The molecule has 2 N–H and O–H groups in total. The number of allylic oxidation sites excluding steroid dienone is 1. The van der Waals surface area contributed by atoms with E-state index < -0.39 is 29.2 Å². The summed E-state index contributed by atoms with van der Waals surface area (Å²) in [6.07, 6.45) is -0.475. The van der Waals surface area contributed by atoms with Gasteiger partial charge in [-0.15, -0.1) is 0 Å². The van der Waals surface area contributed by atoms with Crippen LogP contribution >= 0.6 is 0 Å². The molecule has 1 heterocycles. The smallest absolute Gasteiger partial charge is 0.338 e. The predicted octanol–water partition coefficient (Wildman–Crippen LogP) is 1.39. The lowest BCUT2D eigenvalue weighted by molar-refractivity contribution is -0.385. The Morgan fingerprint density at radius 1 is 1.33 bits per heavy atom. The Morgan fingerprint density at radius 3 is 2.56 bits per heavy atom. The van der Waals surface area contributed by atoms with Crippen LogP contribution in [0.3, 0.4) is 0 Å². The molecule has 10 heteroatoms. The maximum absolute atomic E-state index is 12.4. The molecule has 0 saturated carbocycles. The lowest BCUT2D eigenvalue weighted by Gasteiger charge is -2.27. The summed E-state index contributed by atoms with van der Waals surface area (Å²) in [5, 5.41) is 20.9. The molecule has 27 heavy (non-hydrogen) atoms. The number of methoxy groups -OCH3 is 2. The van der Waals surface area contributed by atoms with E-state index in [0.717, 1.165) is 14.2 Å². The van der Waals surface area contributed by atoms with Crippen molar-refractivity contribution in [2.75, 3.05) is 14.2 Å². The second-order valence-corrected chi connectivity index (χ2v) is 5.32. The molecule has 2 rings (SSSR count). The predicted molar refractivity (Wildman–Crippen MR) is 89.4 cm³/mol. The third-order valence-corrected chi connectivity index (χ3v) is 3.88. The van der Waals surface area contributed by atoms with Gasteiger partial charge in [0.25, 0.3) is 5.69 Å². The van der Waals surface area contributed by atoms with Crippen LogP contribution in [0, 0.1) is 21.4 Å². The fraction of sp³-hybridized carbons (Fsp3) is 0.235. The quantitative estimate of drug-likeness (QED) is 0.458. The molecule has 0 spiro atoms. The average molecular weight is 373 g/mol. The van der Waals surface area contributed by atoms with Gasteiger partial charge in [-0.25, -0.2) is 4.79 Å². The van der Waals surface area contributed by atoms with E-state index in [1.54, 1.807) is 0 Å². The first-order valence-electron chi connectivity index (χ1n) is 7.54. The van der Waals surface area contributed by atoms with Gasteiger partial charge in [0.15, 0.2) is 0 Å². The maximum atomic E-state index is 12.4. The highest BCUT2D eigenvalue weighted by Gasteiger charge is 2.40. The van der Waals surface area contributed by atoms with Crippen LogP contribution in [0.4, 0.5) is 5.69 Å². The monoisotopic (exact) mass is 373 g/mol. The molecule has 0 bridgehead atoms. The Kier molecular flexibility index (Phi) is 5.77. The minimum absolute atomic E-state index is 0.0352. The van der Waals surface area contributed by atoms with Gasteiger partial charge in [-0.1, -0.05) is 18.2 Å². The van der Waals surface area contributed by atoms with Crippen LogP contribution in [-0.2, 0) is 23.8 Å². The Balaban J connectivity index is 2.79. The molecule has 1 aliphatic heterocycles. The third kappa shape index (κ3) is 3.72. The number of hydrogen-bond acceptors (Lipinski definition) is 9. The molecular formula is C17H15N3O7. The number of nitro benzene ring substituents is 1. The van der Waals surface area contributed by atoms with E-state index in [2.05, 4.69) is 4.74 Å². The molecule has 1 atom stereocenters. The summed E-state index contributed by atoms with van der Waals surface area (Å²) in [6, 6.07) is 7.38. The highest BCUT2D eigenvalue weighted by molar-refractivity contribution is 5.94. The standard InChI is InChI=1S/C17H15N3O7/c1-25-13(21)7-12-15(17(22)26-2)14(10(8-18)16(19)27-12)9-5-3-4-6-11(9)20(23)24/h3-6,14H,7,19H2,1-2H3/t14-/m0/s1. The molecular weight excluding hydrogens is 358 g/mol. The molecule has 1 aromatic carbocycles. The second kappa shape index (κ2) is 8.01. The van der Waals surface area contributed by atoms with Crippen LogP contribution in [0.2, 0.25) is 0 Å². The van der Waals surface area contributed by atoms with Gasteiger partial charge in [-0.3, -0.25) is 14.9 Å². The van der Waals surface area contributed by atoms with Gasteiger partial charge >= 0.3 is 11.9 Å². The molecule has 1 aromatic rings. The van der Waals surface area contributed by atoms with Gasteiger partial charge in [0.1, 0.15) is 23.8 Å². The van der Waals surface area contributed by atoms with Crippen molar-refractivity contribution in [2.24, 2.45) is 5.73 Å². The van der Waals surface area contributed by atoms with E-state index >= 15 is 0 Å². The number of rotatable bonds is 5. The second-order valence-electron chi connectivity index (χ2n) is 5.32. The SMILES string of the molecule is COC(=O)CC1=C(C(=O)OC)[C@@H](c2ccccc2[N+](=O)[O-])C(C#N)=C(N)O1.